The van der Waals surface area contributed by atoms with Crippen LogP contribution in [-0.2, 0) is 16.0 Å². The Labute approximate surface area is 267 Å². The smallest absolute Gasteiger partial charge is 1.00 e. The summed E-state index contributed by atoms with van der Waals surface area (Å²) in [6, 6.07) is 8.92. The zero-order chi connectivity index (χ0) is 28.5. The largest absolute Gasteiger partial charge is 2.00 e. The van der Waals surface area contributed by atoms with Crippen molar-refractivity contribution < 1.29 is 17.5 Å². The maximum atomic E-state index is 12.4. The minimum Gasteiger partial charge on any atom is -1.00 e. The number of carbonyl (C=O) groups is 2. The van der Waals surface area contributed by atoms with Crippen molar-refractivity contribution >= 4 is 42.9 Å². The molecule has 0 heterocycles. The second-order valence-electron chi connectivity index (χ2n) is 13.5. The van der Waals surface area contributed by atoms with E-state index in [1.165, 1.54) is 102 Å². The summed E-state index contributed by atoms with van der Waals surface area (Å²) in [5.41, 5.74) is 3.47. The monoisotopic (exact) mass is 582 g/mol. The third-order valence-corrected chi connectivity index (χ3v) is 11.7. The summed E-state index contributed by atoms with van der Waals surface area (Å²) < 4.78 is 0. The quantitative estimate of drug-likeness (QED) is 0.147. The molecule has 0 spiro atoms. The second kappa shape index (κ2) is 21.1. The molecule has 1 aromatic rings. The van der Waals surface area contributed by atoms with Crippen LogP contribution in [0.4, 0.5) is 0 Å². The van der Waals surface area contributed by atoms with E-state index in [2.05, 4.69) is 50.8 Å². The number of fused-ring (bicyclic) bond motifs is 3. The number of ketones is 1. The topological polar surface area (TPSA) is 54.4 Å². The zero-order valence-electron chi connectivity index (χ0n) is 28.7. The van der Waals surface area contributed by atoms with Gasteiger partial charge in [-0.3, -0.25) is 9.59 Å². The third kappa shape index (κ3) is 14.0. The summed E-state index contributed by atoms with van der Waals surface area (Å²) in [5.74, 6) is 1.20. The number of aryl methyl sites for hydroxylation is 1. The molecule has 1 N–H and O–H groups in total. The molecular formula is C35H62MgO3Si. The molecule has 0 saturated heterocycles. The van der Waals surface area contributed by atoms with Gasteiger partial charge in [-0.05, 0) is 48.6 Å². The number of rotatable bonds is 17. The molecule has 5 heteroatoms. The van der Waals surface area contributed by atoms with Crippen molar-refractivity contribution in [1.29, 1.82) is 0 Å². The van der Waals surface area contributed by atoms with Crippen molar-refractivity contribution in [2.24, 2.45) is 5.92 Å². The Morgan fingerprint density at radius 1 is 0.800 bits per heavy atom. The van der Waals surface area contributed by atoms with E-state index in [0.717, 1.165) is 25.7 Å². The normalized spacial score (nSPS) is 20.0. The van der Waals surface area contributed by atoms with Crippen molar-refractivity contribution in [3.8, 4) is 0 Å². The molecule has 3 atom stereocenters. The van der Waals surface area contributed by atoms with Crippen LogP contribution < -0.4 is 0 Å². The fourth-order valence-electron chi connectivity index (χ4n) is 7.11. The number of carboxylic acid groups (broad SMARTS) is 1. The molecule has 3 unspecified atom stereocenters. The molecule has 0 bridgehead atoms. The van der Waals surface area contributed by atoms with E-state index in [1.807, 2.05) is 0 Å². The van der Waals surface area contributed by atoms with Crippen LogP contribution in [0.3, 0.4) is 0 Å². The summed E-state index contributed by atoms with van der Waals surface area (Å²) in [5, 5.41) is 8.52. The van der Waals surface area contributed by atoms with E-state index in [0.29, 0.717) is 29.6 Å². The van der Waals surface area contributed by atoms with Gasteiger partial charge in [0, 0.05) is 18.4 Å². The van der Waals surface area contributed by atoms with E-state index >= 15 is 0 Å². The van der Waals surface area contributed by atoms with E-state index in [1.54, 1.807) is 5.56 Å². The predicted octanol–water partition coefficient (Wildman–Crippen LogP) is 10.6. The fourth-order valence-corrected chi connectivity index (χ4v) is 9.90. The van der Waals surface area contributed by atoms with Gasteiger partial charge in [-0.25, -0.2) is 0 Å². The molecule has 226 valence electrons. The minimum absolute atomic E-state index is 0. The van der Waals surface area contributed by atoms with Gasteiger partial charge in [-0.15, -0.1) is 0 Å². The van der Waals surface area contributed by atoms with Gasteiger partial charge in [0.05, 0.1) is 8.07 Å². The number of aliphatic carboxylic acids is 1. The molecule has 0 amide bonds. The molecule has 0 radical (unpaired) electrons. The van der Waals surface area contributed by atoms with Crippen molar-refractivity contribution in [3.63, 3.8) is 0 Å². The van der Waals surface area contributed by atoms with Gasteiger partial charge in [0.25, 0.3) is 0 Å². The summed E-state index contributed by atoms with van der Waals surface area (Å²) >= 11 is 0. The number of unbranched alkanes of at least 4 members (excludes halogenated alkanes) is 14. The van der Waals surface area contributed by atoms with Gasteiger partial charge in [0.15, 0.2) is 0 Å². The Kier molecular flexibility index (Phi) is 19.7. The summed E-state index contributed by atoms with van der Waals surface area (Å²) in [6.07, 6.45) is 24.5. The molecule has 0 aliphatic heterocycles. The number of carbonyl (C=O) groups excluding carboxylic acids is 1. The van der Waals surface area contributed by atoms with Gasteiger partial charge < -0.3 is 7.96 Å². The van der Waals surface area contributed by atoms with Crippen LogP contribution in [-0.4, -0.2) is 48.0 Å². The maximum Gasteiger partial charge on any atom is 2.00 e. The van der Waals surface area contributed by atoms with Crippen LogP contribution in [0.2, 0.25) is 25.2 Å². The first kappa shape index (κ1) is 37.4. The minimum atomic E-state index is -1.40. The Morgan fingerprint density at radius 2 is 1.30 bits per heavy atom. The molecule has 2 aliphatic rings. The molecule has 0 aromatic heterocycles. The van der Waals surface area contributed by atoms with Crippen LogP contribution in [0.5, 0.6) is 0 Å². The standard InChI is InChI=1S/C18H36O2.C17H24OSi.Mg.2H/c1-2-3-4-5-6-7-8-9-10-11-12-13-14-15-16-17-18(19)20;1-19(2,3)17-15-9-8-12-6-4-5-7-13(12)14(15)10-11-16(17)18;;;/h2-17H2,1H3,(H,19,20);4-7,14-15,17H,8-11H2,1-3H3;;;/q;;+2;2*-1. The predicted molar refractivity (Wildman–Crippen MR) is 177 cm³/mol. The van der Waals surface area contributed by atoms with Crippen molar-refractivity contribution in [2.45, 2.75) is 166 Å². The van der Waals surface area contributed by atoms with Crippen LogP contribution in [0.15, 0.2) is 24.3 Å². The Balaban J connectivity index is 0. The average molecular weight is 583 g/mol. The number of carboxylic acids is 1. The number of Topliss-reactive ketones (excluding diaryl/α,β-unsaturated/α-hetero) is 1. The molecular weight excluding hydrogens is 521 g/mol. The molecule has 1 fully saturated rings. The van der Waals surface area contributed by atoms with Crippen molar-refractivity contribution in [1.82, 2.24) is 0 Å². The molecule has 2 aliphatic carbocycles. The third-order valence-electron chi connectivity index (χ3n) is 9.12. The van der Waals surface area contributed by atoms with E-state index in [4.69, 9.17) is 5.11 Å². The first-order valence-electron chi connectivity index (χ1n) is 16.6. The summed E-state index contributed by atoms with van der Waals surface area (Å²) in [4.78, 5) is 22.8. The van der Waals surface area contributed by atoms with Crippen LogP contribution in [0, 0.1) is 5.92 Å². The Bertz CT molecular complexity index is 846. The molecule has 1 aromatic carbocycles. The van der Waals surface area contributed by atoms with Gasteiger partial charge in [0.1, 0.15) is 5.78 Å². The Morgan fingerprint density at radius 3 is 1.80 bits per heavy atom. The number of hydrogen-bond acceptors (Lipinski definition) is 2. The maximum absolute atomic E-state index is 12.4. The van der Waals surface area contributed by atoms with Gasteiger partial charge in [-0.2, -0.15) is 0 Å². The first-order valence-corrected chi connectivity index (χ1v) is 20.2. The molecule has 40 heavy (non-hydrogen) atoms. The molecule has 1 saturated carbocycles. The summed E-state index contributed by atoms with van der Waals surface area (Å²) in [7, 11) is -1.40. The van der Waals surface area contributed by atoms with Gasteiger partial charge in [0.2, 0.25) is 0 Å². The van der Waals surface area contributed by atoms with Crippen LogP contribution in [0.25, 0.3) is 0 Å². The SMILES string of the molecule is CCCCCCCCCCCCCCCCCC(=O)O.C[Si](C)(C)C1C(=O)CCC2c3ccccc3CCC21.[H-].[H-].[Mg+2]. The van der Waals surface area contributed by atoms with Crippen molar-refractivity contribution in [3.05, 3.63) is 35.4 Å². The fraction of sp³-hybridized carbons (Fsp3) is 0.771. The van der Waals surface area contributed by atoms with Gasteiger partial charge >= 0.3 is 29.0 Å². The molecule has 3 nitrogen and oxygen atoms in total. The van der Waals surface area contributed by atoms with Crippen molar-refractivity contribution in [2.75, 3.05) is 0 Å². The van der Waals surface area contributed by atoms with E-state index < -0.39 is 14.0 Å². The van der Waals surface area contributed by atoms with Gasteiger partial charge in [-0.1, -0.05) is 141 Å². The van der Waals surface area contributed by atoms with Crippen LogP contribution in [0.1, 0.15) is 149 Å². The van der Waals surface area contributed by atoms with Crippen LogP contribution >= 0.6 is 0 Å². The summed E-state index contributed by atoms with van der Waals surface area (Å²) in [6.45, 7) is 9.39. The Hall–Kier alpha value is -0.657. The number of hydrogen-bond donors (Lipinski definition) is 1. The van der Waals surface area contributed by atoms with E-state index in [-0.39, 0.29) is 25.9 Å². The second-order valence-corrected chi connectivity index (χ2v) is 18.8. The average Bonchev–Trinajstić information content (AvgIpc) is 2.90. The molecule has 3 rings (SSSR count). The first-order chi connectivity index (χ1) is 18.8. The number of benzene rings is 1. The van der Waals surface area contributed by atoms with E-state index in [9.17, 15) is 9.59 Å². The zero-order valence-corrected chi connectivity index (χ0v) is 29.1.